The highest BCUT2D eigenvalue weighted by Gasteiger charge is 2.09. The van der Waals surface area contributed by atoms with Crippen molar-refractivity contribution in [2.45, 2.75) is 26.3 Å². The van der Waals surface area contributed by atoms with E-state index in [1.165, 1.54) is 0 Å². The zero-order valence-electron chi connectivity index (χ0n) is 8.08. The van der Waals surface area contributed by atoms with Gasteiger partial charge >= 0.3 is 0 Å². The number of benzene rings is 1. The molecular formula is C11H15NO. The molecule has 0 unspecified atom stereocenters. The van der Waals surface area contributed by atoms with Crippen LogP contribution in [-0.4, -0.2) is 5.78 Å². The van der Waals surface area contributed by atoms with Crippen molar-refractivity contribution in [2.75, 3.05) is 0 Å². The Hall–Kier alpha value is -1.15. The predicted octanol–water partition coefficient (Wildman–Crippen LogP) is 1.84. The van der Waals surface area contributed by atoms with Gasteiger partial charge in [0.1, 0.15) is 5.78 Å². The van der Waals surface area contributed by atoms with Crippen LogP contribution < -0.4 is 5.73 Å². The second kappa shape index (κ2) is 4.19. The number of carbonyl (C=O) groups is 1. The lowest BCUT2D eigenvalue weighted by atomic mass is 9.97. The van der Waals surface area contributed by atoms with Gasteiger partial charge in [-0.25, -0.2) is 0 Å². The first-order valence-electron chi connectivity index (χ1n) is 4.44. The summed E-state index contributed by atoms with van der Waals surface area (Å²) >= 11 is 0. The molecule has 0 aliphatic heterocycles. The Labute approximate surface area is 78.8 Å². The van der Waals surface area contributed by atoms with Gasteiger partial charge in [0, 0.05) is 12.5 Å². The third kappa shape index (κ3) is 2.39. The molecule has 70 valence electrons. The highest BCUT2D eigenvalue weighted by atomic mass is 16.1. The van der Waals surface area contributed by atoms with Crippen molar-refractivity contribution in [3.8, 4) is 0 Å². The maximum absolute atomic E-state index is 11.1. The zero-order valence-corrected chi connectivity index (χ0v) is 8.08. The van der Waals surface area contributed by atoms with Crippen molar-refractivity contribution in [2.24, 2.45) is 5.73 Å². The number of hydrogen-bond donors (Lipinski definition) is 1. The molecule has 1 aromatic rings. The summed E-state index contributed by atoms with van der Waals surface area (Å²) in [6.07, 6.45) is 0. The Balaban J connectivity index is 2.85. The van der Waals surface area contributed by atoms with Crippen LogP contribution in [0, 0.1) is 0 Å². The average Bonchev–Trinajstić information content (AvgIpc) is 2.17. The largest absolute Gasteiger partial charge is 0.326 e. The topological polar surface area (TPSA) is 43.1 Å². The molecule has 0 fully saturated rings. The van der Waals surface area contributed by atoms with Gasteiger partial charge in [0.25, 0.3) is 0 Å². The zero-order chi connectivity index (χ0) is 9.84. The van der Waals surface area contributed by atoms with Crippen LogP contribution in [0.4, 0.5) is 0 Å². The quantitative estimate of drug-likeness (QED) is 0.765. The maximum atomic E-state index is 11.1. The summed E-state index contributed by atoms with van der Waals surface area (Å²) in [4.78, 5) is 11.1. The van der Waals surface area contributed by atoms with E-state index >= 15 is 0 Å². The molecule has 0 spiro atoms. The van der Waals surface area contributed by atoms with E-state index in [-0.39, 0.29) is 11.7 Å². The number of carbonyl (C=O) groups excluding carboxylic acids is 1. The van der Waals surface area contributed by atoms with E-state index in [0.717, 1.165) is 11.1 Å². The molecule has 2 nitrogen and oxygen atoms in total. The van der Waals surface area contributed by atoms with Crippen LogP contribution in [0.1, 0.15) is 30.9 Å². The first kappa shape index (κ1) is 9.93. The van der Waals surface area contributed by atoms with Gasteiger partial charge in [-0.2, -0.15) is 0 Å². The van der Waals surface area contributed by atoms with Gasteiger partial charge in [0.2, 0.25) is 0 Å². The van der Waals surface area contributed by atoms with E-state index < -0.39 is 0 Å². The summed E-state index contributed by atoms with van der Waals surface area (Å²) in [5, 5.41) is 0. The molecule has 13 heavy (non-hydrogen) atoms. The molecule has 0 bridgehead atoms. The SMILES string of the molecule is CC(=O)[C@@H](C)c1ccc(CN)cc1. The lowest BCUT2D eigenvalue weighted by molar-refractivity contribution is -0.118. The maximum Gasteiger partial charge on any atom is 0.136 e. The summed E-state index contributed by atoms with van der Waals surface area (Å²) in [6, 6.07) is 7.87. The molecule has 0 aliphatic carbocycles. The molecule has 2 heteroatoms. The monoisotopic (exact) mass is 177 g/mol. The lowest BCUT2D eigenvalue weighted by Gasteiger charge is -2.07. The third-order valence-corrected chi connectivity index (χ3v) is 2.33. The van der Waals surface area contributed by atoms with Crippen molar-refractivity contribution in [3.63, 3.8) is 0 Å². The van der Waals surface area contributed by atoms with E-state index in [1.54, 1.807) is 6.92 Å². The van der Waals surface area contributed by atoms with Crippen molar-refractivity contribution in [1.82, 2.24) is 0 Å². The standard InChI is InChI=1S/C11H15NO/c1-8(9(2)13)11-5-3-10(7-12)4-6-11/h3-6,8H,7,12H2,1-2H3/t8-/m1/s1. The van der Waals surface area contributed by atoms with Crippen LogP contribution in [0.25, 0.3) is 0 Å². The third-order valence-electron chi connectivity index (χ3n) is 2.33. The van der Waals surface area contributed by atoms with Crippen molar-refractivity contribution in [1.29, 1.82) is 0 Å². The smallest absolute Gasteiger partial charge is 0.136 e. The molecule has 0 amide bonds. The van der Waals surface area contributed by atoms with E-state index in [1.807, 2.05) is 31.2 Å². The van der Waals surface area contributed by atoms with E-state index in [4.69, 9.17) is 5.73 Å². The van der Waals surface area contributed by atoms with E-state index in [9.17, 15) is 4.79 Å². The van der Waals surface area contributed by atoms with Gasteiger partial charge in [-0.1, -0.05) is 31.2 Å². The van der Waals surface area contributed by atoms with Gasteiger partial charge in [-0.15, -0.1) is 0 Å². The fraction of sp³-hybridized carbons (Fsp3) is 0.364. The molecule has 0 aliphatic rings. The second-order valence-corrected chi connectivity index (χ2v) is 3.28. The Morgan fingerprint density at radius 3 is 2.31 bits per heavy atom. The number of Topliss-reactive ketones (excluding diaryl/α,β-unsaturated/α-hetero) is 1. The number of rotatable bonds is 3. The summed E-state index contributed by atoms with van der Waals surface area (Å²) in [5.74, 6) is 0.187. The summed E-state index contributed by atoms with van der Waals surface area (Å²) in [6.45, 7) is 4.08. The fourth-order valence-electron chi connectivity index (χ4n) is 1.18. The average molecular weight is 177 g/mol. The number of nitrogens with two attached hydrogens (primary N) is 1. The molecule has 0 aromatic heterocycles. The molecule has 1 atom stereocenters. The summed E-state index contributed by atoms with van der Waals surface area (Å²) < 4.78 is 0. The first-order chi connectivity index (χ1) is 6.15. The Morgan fingerprint density at radius 1 is 1.38 bits per heavy atom. The molecule has 0 radical (unpaired) electrons. The van der Waals surface area contributed by atoms with Gasteiger partial charge in [-0.05, 0) is 18.1 Å². The van der Waals surface area contributed by atoms with Crippen LogP contribution in [0.15, 0.2) is 24.3 Å². The van der Waals surface area contributed by atoms with Gasteiger partial charge < -0.3 is 5.73 Å². The molecule has 1 rings (SSSR count). The van der Waals surface area contributed by atoms with Crippen molar-refractivity contribution < 1.29 is 4.79 Å². The van der Waals surface area contributed by atoms with Gasteiger partial charge in [0.05, 0.1) is 0 Å². The minimum atomic E-state index is -0.00757. The molecule has 1 aromatic carbocycles. The first-order valence-corrected chi connectivity index (χ1v) is 4.44. The highest BCUT2D eigenvalue weighted by molar-refractivity contribution is 5.82. The Kier molecular flexibility index (Phi) is 3.20. The number of ketones is 1. The van der Waals surface area contributed by atoms with Gasteiger partial charge in [-0.3, -0.25) is 4.79 Å². The highest BCUT2D eigenvalue weighted by Crippen LogP contribution is 2.16. The van der Waals surface area contributed by atoms with Gasteiger partial charge in [0.15, 0.2) is 0 Å². The normalized spacial score (nSPS) is 12.5. The lowest BCUT2D eigenvalue weighted by Crippen LogP contribution is -2.04. The molecular weight excluding hydrogens is 162 g/mol. The minimum absolute atomic E-state index is 0.00757. The van der Waals surface area contributed by atoms with Crippen LogP contribution in [0.5, 0.6) is 0 Å². The Bertz CT molecular complexity index is 289. The van der Waals surface area contributed by atoms with Crippen molar-refractivity contribution in [3.05, 3.63) is 35.4 Å². The Morgan fingerprint density at radius 2 is 1.92 bits per heavy atom. The summed E-state index contributed by atoms with van der Waals surface area (Å²) in [5.41, 5.74) is 7.63. The fourth-order valence-corrected chi connectivity index (χ4v) is 1.18. The molecule has 0 saturated carbocycles. The molecule has 0 heterocycles. The van der Waals surface area contributed by atoms with Crippen LogP contribution in [0.2, 0.25) is 0 Å². The summed E-state index contributed by atoms with van der Waals surface area (Å²) in [7, 11) is 0. The van der Waals surface area contributed by atoms with E-state index in [2.05, 4.69) is 0 Å². The van der Waals surface area contributed by atoms with E-state index in [0.29, 0.717) is 6.54 Å². The molecule has 0 saturated heterocycles. The predicted molar refractivity (Wildman–Crippen MR) is 53.4 cm³/mol. The van der Waals surface area contributed by atoms with Crippen molar-refractivity contribution >= 4 is 5.78 Å². The minimum Gasteiger partial charge on any atom is -0.326 e. The molecule has 2 N–H and O–H groups in total. The second-order valence-electron chi connectivity index (χ2n) is 3.28. The van der Waals surface area contributed by atoms with Crippen LogP contribution in [-0.2, 0) is 11.3 Å². The van der Waals surface area contributed by atoms with Crippen LogP contribution in [0.3, 0.4) is 0 Å². The van der Waals surface area contributed by atoms with Crippen LogP contribution >= 0.6 is 0 Å². The number of hydrogen-bond acceptors (Lipinski definition) is 2.